The Morgan fingerprint density at radius 3 is 2.60 bits per heavy atom. The number of hydrogen-bond donors (Lipinski definition) is 1. The van der Waals surface area contributed by atoms with E-state index in [0.717, 1.165) is 25.7 Å². The molecule has 1 fully saturated rings. The van der Waals surface area contributed by atoms with Gasteiger partial charge in [-0.05, 0) is 19.8 Å². The maximum absolute atomic E-state index is 11.5. The number of ether oxygens (including phenoxy) is 1. The summed E-state index contributed by atoms with van der Waals surface area (Å²) < 4.78 is 5.04. The predicted molar refractivity (Wildman–Crippen MR) is 57.5 cm³/mol. The van der Waals surface area contributed by atoms with Crippen LogP contribution in [0.15, 0.2) is 0 Å². The van der Waals surface area contributed by atoms with Crippen LogP contribution in [0.5, 0.6) is 0 Å². The molecular weight excluding hydrogens is 194 g/mol. The lowest BCUT2D eigenvalue weighted by Gasteiger charge is -2.28. The summed E-state index contributed by atoms with van der Waals surface area (Å²) in [6.07, 6.45) is 3.73. The smallest absolute Gasteiger partial charge is 0.248 e. The van der Waals surface area contributed by atoms with Crippen molar-refractivity contribution in [3.05, 3.63) is 0 Å². The summed E-state index contributed by atoms with van der Waals surface area (Å²) >= 11 is 0. The van der Waals surface area contributed by atoms with Gasteiger partial charge in [0.15, 0.2) is 0 Å². The molecular formula is C11H21NO3. The van der Waals surface area contributed by atoms with Crippen LogP contribution in [0.4, 0.5) is 0 Å². The molecule has 4 nitrogen and oxygen atoms in total. The fraction of sp³-hybridized carbons (Fsp3) is 0.909. The molecule has 0 spiro atoms. The maximum atomic E-state index is 11.5. The Balaban J connectivity index is 2.33. The van der Waals surface area contributed by atoms with Gasteiger partial charge in [-0.15, -0.1) is 0 Å². The average molecular weight is 215 g/mol. The predicted octanol–water partition coefficient (Wildman–Crippen LogP) is 0.786. The fourth-order valence-corrected chi connectivity index (χ4v) is 2.02. The van der Waals surface area contributed by atoms with Crippen LogP contribution in [-0.4, -0.2) is 48.3 Å². The maximum Gasteiger partial charge on any atom is 0.248 e. The summed E-state index contributed by atoms with van der Waals surface area (Å²) in [6, 6.07) is 0. The molecule has 0 heterocycles. The van der Waals surface area contributed by atoms with Crippen molar-refractivity contribution in [1.82, 2.24) is 4.90 Å². The first kappa shape index (κ1) is 12.5. The number of likely N-dealkylation sites (N-methyl/N-ethyl adjacent to an activating group) is 1. The summed E-state index contributed by atoms with van der Waals surface area (Å²) in [5, 5.41) is 10.1. The topological polar surface area (TPSA) is 49.8 Å². The van der Waals surface area contributed by atoms with Gasteiger partial charge in [0.05, 0.1) is 5.60 Å². The monoisotopic (exact) mass is 215 g/mol. The van der Waals surface area contributed by atoms with Crippen LogP contribution in [0.2, 0.25) is 0 Å². The molecule has 4 heteroatoms. The summed E-state index contributed by atoms with van der Waals surface area (Å²) in [6.45, 7) is 2.95. The Morgan fingerprint density at radius 2 is 2.07 bits per heavy atom. The molecule has 15 heavy (non-hydrogen) atoms. The van der Waals surface area contributed by atoms with E-state index in [0.29, 0.717) is 13.2 Å². The van der Waals surface area contributed by atoms with Crippen LogP contribution in [-0.2, 0) is 9.53 Å². The lowest BCUT2D eigenvalue weighted by atomic mass is 10.0. The molecule has 0 bridgehead atoms. The number of rotatable bonds is 5. The quantitative estimate of drug-likeness (QED) is 0.737. The minimum absolute atomic E-state index is 0.0582. The SMILES string of the molecule is CCOCC(=O)N(C)CC1(O)CCCC1. The highest BCUT2D eigenvalue weighted by molar-refractivity contribution is 5.77. The van der Waals surface area contributed by atoms with Gasteiger partial charge in [0.1, 0.15) is 6.61 Å². The van der Waals surface area contributed by atoms with Gasteiger partial charge in [-0.2, -0.15) is 0 Å². The molecule has 0 atom stereocenters. The largest absolute Gasteiger partial charge is 0.388 e. The zero-order valence-corrected chi connectivity index (χ0v) is 9.66. The van der Waals surface area contributed by atoms with Crippen LogP contribution >= 0.6 is 0 Å². The Kier molecular flexibility index (Phi) is 4.54. The number of carbonyl (C=O) groups excluding carboxylic acids is 1. The third-order valence-electron chi connectivity index (χ3n) is 2.92. The minimum atomic E-state index is -0.656. The third-order valence-corrected chi connectivity index (χ3v) is 2.92. The van der Waals surface area contributed by atoms with Crippen molar-refractivity contribution in [3.8, 4) is 0 Å². The molecule has 0 aromatic rings. The van der Waals surface area contributed by atoms with Gasteiger partial charge in [-0.3, -0.25) is 4.79 Å². The Hall–Kier alpha value is -0.610. The van der Waals surface area contributed by atoms with E-state index in [2.05, 4.69) is 0 Å². The molecule has 1 rings (SSSR count). The van der Waals surface area contributed by atoms with Gasteiger partial charge in [-0.25, -0.2) is 0 Å². The van der Waals surface area contributed by atoms with E-state index in [-0.39, 0.29) is 12.5 Å². The Labute approximate surface area is 91.2 Å². The van der Waals surface area contributed by atoms with E-state index < -0.39 is 5.60 Å². The number of hydrogen-bond acceptors (Lipinski definition) is 3. The van der Waals surface area contributed by atoms with Crippen molar-refractivity contribution in [3.63, 3.8) is 0 Å². The molecule has 0 aliphatic heterocycles. The van der Waals surface area contributed by atoms with E-state index in [4.69, 9.17) is 4.74 Å². The Bertz CT molecular complexity index is 212. The standard InChI is InChI=1S/C11H21NO3/c1-3-15-8-10(13)12(2)9-11(14)6-4-5-7-11/h14H,3-9H2,1-2H3. The normalized spacial score (nSPS) is 19.1. The highest BCUT2D eigenvalue weighted by Crippen LogP contribution is 2.29. The molecule has 88 valence electrons. The van der Waals surface area contributed by atoms with Crippen LogP contribution in [0.3, 0.4) is 0 Å². The van der Waals surface area contributed by atoms with E-state index in [1.165, 1.54) is 0 Å². The highest BCUT2D eigenvalue weighted by Gasteiger charge is 2.33. The van der Waals surface area contributed by atoms with E-state index >= 15 is 0 Å². The van der Waals surface area contributed by atoms with Gasteiger partial charge >= 0.3 is 0 Å². The second-order valence-electron chi connectivity index (χ2n) is 4.32. The van der Waals surface area contributed by atoms with Gasteiger partial charge < -0.3 is 14.7 Å². The molecule has 0 aromatic heterocycles. The molecule has 1 aliphatic carbocycles. The molecule has 0 radical (unpaired) electrons. The van der Waals surface area contributed by atoms with Crippen LogP contribution in [0, 0.1) is 0 Å². The lowest BCUT2D eigenvalue weighted by molar-refractivity contribution is -0.137. The number of carbonyl (C=O) groups is 1. The summed E-state index contributed by atoms with van der Waals surface area (Å²) in [4.78, 5) is 13.1. The van der Waals surface area contributed by atoms with E-state index in [1.807, 2.05) is 6.92 Å². The number of amides is 1. The first-order valence-electron chi connectivity index (χ1n) is 5.61. The summed E-state index contributed by atoms with van der Waals surface area (Å²) in [5.74, 6) is -0.0582. The van der Waals surface area contributed by atoms with Crippen molar-refractivity contribution in [2.24, 2.45) is 0 Å². The van der Waals surface area contributed by atoms with E-state index in [9.17, 15) is 9.90 Å². The number of aliphatic hydroxyl groups is 1. The molecule has 1 N–H and O–H groups in total. The van der Waals surface area contributed by atoms with Crippen molar-refractivity contribution in [2.75, 3.05) is 26.8 Å². The minimum Gasteiger partial charge on any atom is -0.388 e. The van der Waals surface area contributed by atoms with Crippen LogP contribution < -0.4 is 0 Å². The van der Waals surface area contributed by atoms with Gasteiger partial charge in [-0.1, -0.05) is 12.8 Å². The van der Waals surface area contributed by atoms with E-state index in [1.54, 1.807) is 11.9 Å². The fourth-order valence-electron chi connectivity index (χ4n) is 2.02. The zero-order chi connectivity index (χ0) is 11.3. The van der Waals surface area contributed by atoms with Crippen molar-refractivity contribution < 1.29 is 14.6 Å². The van der Waals surface area contributed by atoms with Crippen molar-refractivity contribution >= 4 is 5.91 Å². The Morgan fingerprint density at radius 1 is 1.47 bits per heavy atom. The molecule has 1 amide bonds. The van der Waals surface area contributed by atoms with Gasteiger partial charge in [0.2, 0.25) is 5.91 Å². The molecule has 0 aromatic carbocycles. The second-order valence-corrected chi connectivity index (χ2v) is 4.32. The third kappa shape index (κ3) is 3.80. The van der Waals surface area contributed by atoms with Crippen molar-refractivity contribution in [2.45, 2.75) is 38.2 Å². The van der Waals surface area contributed by atoms with Crippen molar-refractivity contribution in [1.29, 1.82) is 0 Å². The second kappa shape index (κ2) is 5.47. The molecule has 1 aliphatic rings. The summed E-state index contributed by atoms with van der Waals surface area (Å²) in [5.41, 5.74) is -0.656. The first-order chi connectivity index (χ1) is 7.07. The summed E-state index contributed by atoms with van der Waals surface area (Å²) in [7, 11) is 1.72. The zero-order valence-electron chi connectivity index (χ0n) is 9.66. The van der Waals surface area contributed by atoms with Gasteiger partial charge in [0, 0.05) is 20.2 Å². The average Bonchev–Trinajstić information content (AvgIpc) is 2.61. The van der Waals surface area contributed by atoms with Crippen LogP contribution in [0.1, 0.15) is 32.6 Å². The number of nitrogens with zero attached hydrogens (tertiary/aromatic N) is 1. The van der Waals surface area contributed by atoms with Gasteiger partial charge in [0.25, 0.3) is 0 Å². The lowest BCUT2D eigenvalue weighted by Crippen LogP contribution is -2.43. The molecule has 0 saturated heterocycles. The highest BCUT2D eigenvalue weighted by atomic mass is 16.5. The molecule has 0 unspecified atom stereocenters. The molecule has 1 saturated carbocycles. The first-order valence-corrected chi connectivity index (χ1v) is 5.61. The van der Waals surface area contributed by atoms with Crippen LogP contribution in [0.25, 0.3) is 0 Å².